The number of aliphatic carboxylic acids is 1. The summed E-state index contributed by atoms with van der Waals surface area (Å²) >= 11 is 0. The Morgan fingerprint density at radius 3 is 2.45 bits per heavy atom. The third kappa shape index (κ3) is 5.85. The minimum absolute atomic E-state index is 0.187. The van der Waals surface area contributed by atoms with Gasteiger partial charge < -0.3 is 9.84 Å². The molecule has 0 aliphatic rings. The van der Waals surface area contributed by atoms with Crippen LogP contribution in [0.2, 0.25) is 0 Å². The summed E-state index contributed by atoms with van der Waals surface area (Å²) in [7, 11) is 0. The molecule has 0 spiro atoms. The lowest BCUT2D eigenvalue weighted by Crippen LogP contribution is -2.19. The lowest BCUT2D eigenvalue weighted by molar-refractivity contribution is -0.148. The van der Waals surface area contributed by atoms with E-state index < -0.39 is 24.0 Å². The summed E-state index contributed by atoms with van der Waals surface area (Å²) in [5.41, 5.74) is 2.76. The van der Waals surface area contributed by atoms with Crippen LogP contribution in [-0.2, 0) is 22.6 Å². The molecule has 0 saturated heterocycles. The minimum atomic E-state index is -1.64. The molecule has 1 heterocycles. The van der Waals surface area contributed by atoms with Crippen molar-refractivity contribution in [3.05, 3.63) is 77.1 Å². The van der Waals surface area contributed by atoms with Gasteiger partial charge in [0.25, 0.3) is 0 Å². The Balaban J connectivity index is 2.08. The maximum absolute atomic E-state index is 12.9. The lowest BCUT2D eigenvalue weighted by Gasteiger charge is -2.19. The topological polar surface area (TPSA) is 111 Å². The fourth-order valence-electron chi connectivity index (χ4n) is 3.20. The number of aromatic nitrogens is 3. The zero-order chi connectivity index (χ0) is 22.4. The first-order valence-corrected chi connectivity index (χ1v) is 9.83. The number of ketones is 2. The van der Waals surface area contributed by atoms with Crippen molar-refractivity contribution in [2.24, 2.45) is 0 Å². The largest absolute Gasteiger partial charge is 0.490 e. The van der Waals surface area contributed by atoms with Gasteiger partial charge in [0, 0.05) is 11.8 Å². The Bertz CT molecular complexity index is 1080. The van der Waals surface area contributed by atoms with Crippen molar-refractivity contribution in [3.8, 4) is 5.75 Å². The zero-order valence-corrected chi connectivity index (χ0v) is 17.3. The molecule has 0 aliphatic heterocycles. The average Bonchev–Trinajstić information content (AvgIpc) is 3.23. The number of hydrogen-bond acceptors (Lipinski definition) is 6. The van der Waals surface area contributed by atoms with Gasteiger partial charge in [-0.15, -0.1) is 5.10 Å². The number of carbonyl (C=O) groups excluding carboxylic acids is 2. The Hall–Kier alpha value is -3.81. The number of hydrogen-bond donors (Lipinski definition) is 1. The molecule has 160 valence electrons. The van der Waals surface area contributed by atoms with Crippen LogP contribution in [-0.4, -0.2) is 43.7 Å². The quantitative estimate of drug-likeness (QED) is 0.304. The van der Waals surface area contributed by atoms with Gasteiger partial charge in [0.1, 0.15) is 5.75 Å². The van der Waals surface area contributed by atoms with E-state index in [1.807, 2.05) is 50.2 Å². The number of Topliss-reactive ketones (excluding diaryl/α,β-unsaturated/α-hetero) is 2. The van der Waals surface area contributed by atoms with E-state index in [9.17, 15) is 14.4 Å². The number of rotatable bonds is 10. The maximum Gasteiger partial charge on any atom is 0.372 e. The molecule has 2 aromatic carbocycles. The molecule has 3 rings (SSSR count). The van der Waals surface area contributed by atoms with Crippen molar-refractivity contribution in [2.75, 3.05) is 0 Å². The van der Waals surface area contributed by atoms with Crippen LogP contribution in [0.25, 0.3) is 0 Å². The predicted octanol–water partition coefficient (Wildman–Crippen LogP) is 2.93. The molecule has 0 radical (unpaired) electrons. The minimum Gasteiger partial charge on any atom is -0.490 e. The monoisotopic (exact) mass is 421 g/mol. The maximum atomic E-state index is 12.9. The first kappa shape index (κ1) is 21.9. The second-order valence-corrected chi connectivity index (χ2v) is 7.39. The van der Waals surface area contributed by atoms with E-state index in [1.165, 1.54) is 0 Å². The van der Waals surface area contributed by atoms with E-state index in [0.717, 1.165) is 11.1 Å². The van der Waals surface area contributed by atoms with Gasteiger partial charge in [0.15, 0.2) is 5.78 Å². The number of carboxylic acid groups (broad SMARTS) is 1. The van der Waals surface area contributed by atoms with Gasteiger partial charge in [-0.1, -0.05) is 35.5 Å². The van der Waals surface area contributed by atoms with E-state index in [4.69, 9.17) is 9.84 Å². The summed E-state index contributed by atoms with van der Waals surface area (Å²) in [6.07, 6.45) is 2.82. The number of nitrogens with zero attached hydrogens (tertiary/aromatic N) is 3. The average molecular weight is 421 g/mol. The number of benzene rings is 2. The predicted molar refractivity (Wildman–Crippen MR) is 112 cm³/mol. The highest BCUT2D eigenvalue weighted by atomic mass is 16.5. The van der Waals surface area contributed by atoms with Gasteiger partial charge in [0.05, 0.1) is 30.8 Å². The van der Waals surface area contributed by atoms with Crippen molar-refractivity contribution < 1.29 is 24.2 Å². The van der Waals surface area contributed by atoms with E-state index in [2.05, 4.69) is 10.3 Å². The summed E-state index contributed by atoms with van der Waals surface area (Å²) < 4.78 is 7.56. The first-order valence-electron chi connectivity index (χ1n) is 9.83. The van der Waals surface area contributed by atoms with Crippen LogP contribution < -0.4 is 4.74 Å². The summed E-state index contributed by atoms with van der Waals surface area (Å²) in [6.45, 7) is 3.96. The number of ether oxygens (including phenoxy) is 1. The van der Waals surface area contributed by atoms with Crippen molar-refractivity contribution in [2.45, 2.75) is 39.3 Å². The second-order valence-electron chi connectivity index (χ2n) is 7.39. The van der Waals surface area contributed by atoms with Crippen LogP contribution in [0.15, 0.2) is 54.9 Å². The summed E-state index contributed by atoms with van der Waals surface area (Å²) in [5.74, 6) is -3.07. The molecule has 0 bridgehead atoms. The molecule has 3 aromatic rings. The number of carbonyl (C=O) groups is 3. The smallest absolute Gasteiger partial charge is 0.372 e. The molecule has 1 N–H and O–H groups in total. The van der Waals surface area contributed by atoms with Gasteiger partial charge in [-0.05, 0) is 43.5 Å². The van der Waals surface area contributed by atoms with Crippen LogP contribution in [0.5, 0.6) is 5.75 Å². The van der Waals surface area contributed by atoms with Gasteiger partial charge in [-0.3, -0.25) is 9.59 Å². The normalized spacial score (nSPS) is 10.8. The van der Waals surface area contributed by atoms with E-state index >= 15 is 0 Å². The van der Waals surface area contributed by atoms with Crippen LogP contribution in [0.4, 0.5) is 0 Å². The van der Waals surface area contributed by atoms with Crippen molar-refractivity contribution in [3.63, 3.8) is 0 Å². The molecule has 8 heteroatoms. The Kier molecular flexibility index (Phi) is 6.92. The summed E-state index contributed by atoms with van der Waals surface area (Å²) in [4.78, 5) is 35.6. The van der Waals surface area contributed by atoms with Gasteiger partial charge in [-0.25, -0.2) is 9.48 Å². The van der Waals surface area contributed by atoms with E-state index in [1.54, 1.807) is 23.1 Å². The van der Waals surface area contributed by atoms with Gasteiger partial charge in [0.2, 0.25) is 5.78 Å². The van der Waals surface area contributed by atoms with Crippen molar-refractivity contribution >= 4 is 17.5 Å². The molecule has 0 unspecified atom stereocenters. The SMILES string of the molecule is CC(C)Oc1c(Cn2ccnn2)cc(Cc2ccccc2)cc1C(=O)CC(=O)C(=O)O. The highest BCUT2D eigenvalue weighted by molar-refractivity contribution is 6.37. The summed E-state index contributed by atoms with van der Waals surface area (Å²) in [5, 5.41) is 16.7. The van der Waals surface area contributed by atoms with Crippen molar-refractivity contribution in [1.29, 1.82) is 0 Å². The second kappa shape index (κ2) is 9.80. The fraction of sp³-hybridized carbons (Fsp3) is 0.261. The summed E-state index contributed by atoms with van der Waals surface area (Å²) in [6, 6.07) is 13.3. The van der Waals surface area contributed by atoms with Gasteiger partial charge >= 0.3 is 5.97 Å². The molecular formula is C23H23N3O5. The first-order chi connectivity index (χ1) is 14.8. The third-order valence-corrected chi connectivity index (χ3v) is 4.49. The molecule has 0 fully saturated rings. The third-order valence-electron chi connectivity index (χ3n) is 4.49. The number of carboxylic acids is 1. The van der Waals surface area contributed by atoms with Gasteiger partial charge in [-0.2, -0.15) is 0 Å². The molecule has 1 aromatic heterocycles. The Morgan fingerprint density at radius 1 is 1.10 bits per heavy atom. The molecule has 0 aliphatic carbocycles. The zero-order valence-electron chi connectivity index (χ0n) is 17.3. The van der Waals surface area contributed by atoms with Crippen LogP contribution in [0.3, 0.4) is 0 Å². The van der Waals surface area contributed by atoms with E-state index in [0.29, 0.717) is 24.3 Å². The molecule has 0 amide bonds. The van der Waals surface area contributed by atoms with E-state index in [-0.39, 0.29) is 11.7 Å². The Labute approximate surface area is 179 Å². The molecule has 31 heavy (non-hydrogen) atoms. The highest BCUT2D eigenvalue weighted by Crippen LogP contribution is 2.30. The molecule has 0 atom stereocenters. The van der Waals surface area contributed by atoms with Crippen LogP contribution >= 0.6 is 0 Å². The van der Waals surface area contributed by atoms with Crippen LogP contribution in [0, 0.1) is 0 Å². The standard InChI is InChI=1S/C23H23N3O5/c1-15(2)31-22-18(14-26-9-8-24-25-26)11-17(10-16-6-4-3-5-7-16)12-19(22)20(27)13-21(28)23(29)30/h3-9,11-12,15H,10,13-14H2,1-2H3,(H,29,30). The lowest BCUT2D eigenvalue weighted by atomic mass is 9.95. The Morgan fingerprint density at radius 2 is 1.84 bits per heavy atom. The molecule has 8 nitrogen and oxygen atoms in total. The molecule has 0 saturated carbocycles. The highest BCUT2D eigenvalue weighted by Gasteiger charge is 2.24. The fourth-order valence-corrected chi connectivity index (χ4v) is 3.20. The molecular weight excluding hydrogens is 398 g/mol. The van der Waals surface area contributed by atoms with Crippen molar-refractivity contribution in [1.82, 2.24) is 15.0 Å². The van der Waals surface area contributed by atoms with Crippen LogP contribution in [0.1, 0.15) is 47.3 Å².